The molecular weight excluding hydrogens is 210 g/mol. The van der Waals surface area contributed by atoms with E-state index in [2.05, 4.69) is 37.4 Å². The van der Waals surface area contributed by atoms with Gasteiger partial charge in [-0.05, 0) is 50.4 Å². The maximum absolute atomic E-state index is 5.60. The van der Waals surface area contributed by atoms with Crippen LogP contribution in [0.3, 0.4) is 0 Å². The summed E-state index contributed by atoms with van der Waals surface area (Å²) < 4.78 is 5.60. The summed E-state index contributed by atoms with van der Waals surface area (Å²) in [6.45, 7) is 7.20. The first-order valence-corrected chi connectivity index (χ1v) is 6.44. The van der Waals surface area contributed by atoms with Crippen molar-refractivity contribution >= 4 is 0 Å². The van der Waals surface area contributed by atoms with Gasteiger partial charge in [-0.1, -0.05) is 18.2 Å². The number of benzene rings is 1. The van der Waals surface area contributed by atoms with Crippen LogP contribution in [0.1, 0.15) is 23.1 Å². The van der Waals surface area contributed by atoms with E-state index in [1.54, 1.807) is 0 Å². The predicted molar refractivity (Wildman–Crippen MR) is 71.4 cm³/mol. The van der Waals surface area contributed by atoms with E-state index < -0.39 is 0 Å². The molecule has 1 atom stereocenters. The van der Waals surface area contributed by atoms with Gasteiger partial charge in [-0.2, -0.15) is 0 Å². The highest BCUT2D eigenvalue weighted by Gasteiger charge is 2.34. The zero-order chi connectivity index (χ0) is 12.3. The van der Waals surface area contributed by atoms with Gasteiger partial charge in [-0.15, -0.1) is 0 Å². The third-order valence-corrected chi connectivity index (χ3v) is 3.89. The predicted octanol–water partition coefficient (Wildman–Crippen LogP) is 2.47. The van der Waals surface area contributed by atoms with Crippen LogP contribution in [0, 0.1) is 19.3 Å². The Morgan fingerprint density at radius 2 is 2.12 bits per heavy atom. The van der Waals surface area contributed by atoms with Gasteiger partial charge in [-0.25, -0.2) is 0 Å². The highest BCUT2D eigenvalue weighted by atomic mass is 16.5. The fraction of sp³-hybridized carbons (Fsp3) is 0.600. The molecule has 1 heterocycles. The van der Waals surface area contributed by atoms with E-state index in [0.717, 1.165) is 26.2 Å². The lowest BCUT2D eigenvalue weighted by Crippen LogP contribution is -2.35. The number of hydrogen-bond donors (Lipinski definition) is 1. The lowest BCUT2D eigenvalue weighted by molar-refractivity contribution is 0.150. The molecule has 1 aliphatic rings. The molecule has 0 radical (unpaired) electrons. The normalized spacial score (nSPS) is 24.2. The van der Waals surface area contributed by atoms with Crippen molar-refractivity contribution in [3.8, 4) is 0 Å². The quantitative estimate of drug-likeness (QED) is 0.862. The zero-order valence-corrected chi connectivity index (χ0v) is 11.2. The molecule has 94 valence electrons. The molecule has 0 saturated carbocycles. The van der Waals surface area contributed by atoms with E-state index in [0.29, 0.717) is 5.41 Å². The van der Waals surface area contributed by atoms with Crippen molar-refractivity contribution < 1.29 is 4.74 Å². The van der Waals surface area contributed by atoms with Crippen molar-refractivity contribution in [2.24, 2.45) is 5.41 Å². The van der Waals surface area contributed by atoms with E-state index in [9.17, 15) is 0 Å². The first kappa shape index (κ1) is 12.6. The third-order valence-electron chi connectivity index (χ3n) is 3.89. The lowest BCUT2D eigenvalue weighted by Gasteiger charge is -2.27. The highest BCUT2D eigenvalue weighted by molar-refractivity contribution is 5.30. The van der Waals surface area contributed by atoms with Gasteiger partial charge < -0.3 is 10.1 Å². The topological polar surface area (TPSA) is 21.3 Å². The second kappa shape index (κ2) is 5.19. The molecule has 2 nitrogen and oxygen atoms in total. The number of rotatable bonds is 4. The molecule has 1 N–H and O–H groups in total. The van der Waals surface area contributed by atoms with Crippen LogP contribution >= 0.6 is 0 Å². The average Bonchev–Trinajstić information content (AvgIpc) is 2.73. The minimum absolute atomic E-state index is 0.302. The van der Waals surface area contributed by atoms with Crippen LogP contribution in [0.4, 0.5) is 0 Å². The molecule has 0 amide bonds. The summed E-state index contributed by atoms with van der Waals surface area (Å²) in [4.78, 5) is 0. The average molecular weight is 233 g/mol. The van der Waals surface area contributed by atoms with Crippen LogP contribution in [-0.4, -0.2) is 26.8 Å². The monoisotopic (exact) mass is 233 g/mol. The molecule has 1 aromatic rings. The van der Waals surface area contributed by atoms with Crippen molar-refractivity contribution in [3.05, 3.63) is 34.9 Å². The van der Waals surface area contributed by atoms with Crippen molar-refractivity contribution in [2.45, 2.75) is 26.7 Å². The summed E-state index contributed by atoms with van der Waals surface area (Å²) in [7, 11) is 2.03. The van der Waals surface area contributed by atoms with Gasteiger partial charge >= 0.3 is 0 Å². The number of nitrogens with one attached hydrogen (secondary N) is 1. The Balaban J connectivity index is 2.14. The van der Waals surface area contributed by atoms with Crippen LogP contribution in [0.2, 0.25) is 0 Å². The van der Waals surface area contributed by atoms with Crippen molar-refractivity contribution in [1.82, 2.24) is 5.32 Å². The lowest BCUT2D eigenvalue weighted by atomic mass is 9.80. The molecule has 17 heavy (non-hydrogen) atoms. The van der Waals surface area contributed by atoms with Crippen molar-refractivity contribution in [2.75, 3.05) is 26.8 Å². The van der Waals surface area contributed by atoms with Gasteiger partial charge in [0.2, 0.25) is 0 Å². The van der Waals surface area contributed by atoms with Gasteiger partial charge in [0, 0.05) is 18.6 Å². The highest BCUT2D eigenvalue weighted by Crippen LogP contribution is 2.32. The van der Waals surface area contributed by atoms with Crippen LogP contribution in [0.5, 0.6) is 0 Å². The molecule has 1 saturated heterocycles. The minimum Gasteiger partial charge on any atom is -0.381 e. The summed E-state index contributed by atoms with van der Waals surface area (Å²) in [5, 5.41) is 3.32. The summed E-state index contributed by atoms with van der Waals surface area (Å²) >= 11 is 0. The van der Waals surface area contributed by atoms with Crippen LogP contribution in [-0.2, 0) is 11.2 Å². The molecule has 0 aliphatic carbocycles. The molecule has 0 bridgehead atoms. The Kier molecular flexibility index (Phi) is 3.85. The van der Waals surface area contributed by atoms with Crippen molar-refractivity contribution in [3.63, 3.8) is 0 Å². The number of hydrogen-bond acceptors (Lipinski definition) is 2. The number of ether oxygens (including phenoxy) is 1. The van der Waals surface area contributed by atoms with Gasteiger partial charge in [-0.3, -0.25) is 0 Å². The fourth-order valence-electron chi connectivity index (χ4n) is 2.71. The molecule has 1 aliphatic heterocycles. The summed E-state index contributed by atoms with van der Waals surface area (Å²) in [5.74, 6) is 0. The van der Waals surface area contributed by atoms with E-state index in [1.165, 1.54) is 23.1 Å². The van der Waals surface area contributed by atoms with Crippen LogP contribution in [0.15, 0.2) is 18.2 Å². The summed E-state index contributed by atoms with van der Waals surface area (Å²) in [6, 6.07) is 6.82. The van der Waals surface area contributed by atoms with E-state index in [-0.39, 0.29) is 0 Å². The fourth-order valence-corrected chi connectivity index (χ4v) is 2.71. The molecule has 0 spiro atoms. The Morgan fingerprint density at radius 3 is 2.71 bits per heavy atom. The second-order valence-electron chi connectivity index (χ2n) is 5.43. The maximum atomic E-state index is 5.60. The molecule has 1 aromatic carbocycles. The minimum atomic E-state index is 0.302. The maximum Gasteiger partial charge on any atom is 0.0538 e. The van der Waals surface area contributed by atoms with E-state index in [1.807, 2.05) is 7.05 Å². The Bertz CT molecular complexity index is 381. The van der Waals surface area contributed by atoms with Gasteiger partial charge in [0.05, 0.1) is 6.61 Å². The Morgan fingerprint density at radius 1 is 1.29 bits per heavy atom. The second-order valence-corrected chi connectivity index (χ2v) is 5.43. The SMILES string of the molecule is CNCC1(Cc2ccc(C)c(C)c2)CCOC1. The summed E-state index contributed by atoms with van der Waals surface area (Å²) in [5.41, 5.74) is 4.50. The third kappa shape index (κ3) is 2.88. The van der Waals surface area contributed by atoms with Crippen LogP contribution < -0.4 is 5.32 Å². The molecular formula is C15H23NO. The van der Waals surface area contributed by atoms with E-state index >= 15 is 0 Å². The van der Waals surface area contributed by atoms with Gasteiger partial charge in [0.25, 0.3) is 0 Å². The molecule has 0 aromatic heterocycles. The Hall–Kier alpha value is -0.860. The van der Waals surface area contributed by atoms with Crippen LogP contribution in [0.25, 0.3) is 0 Å². The van der Waals surface area contributed by atoms with Crippen molar-refractivity contribution in [1.29, 1.82) is 0 Å². The van der Waals surface area contributed by atoms with Gasteiger partial charge in [0.1, 0.15) is 0 Å². The first-order valence-electron chi connectivity index (χ1n) is 6.44. The zero-order valence-electron chi connectivity index (χ0n) is 11.2. The Labute approximate surface area is 104 Å². The molecule has 1 fully saturated rings. The van der Waals surface area contributed by atoms with E-state index in [4.69, 9.17) is 4.74 Å². The molecule has 2 heteroatoms. The molecule has 2 rings (SSSR count). The standard InChI is InChI=1S/C15H23NO/c1-12-4-5-14(8-13(12)2)9-15(10-16-3)6-7-17-11-15/h4-5,8,16H,6-7,9-11H2,1-3H3. The largest absolute Gasteiger partial charge is 0.381 e. The smallest absolute Gasteiger partial charge is 0.0538 e. The summed E-state index contributed by atoms with van der Waals surface area (Å²) in [6.07, 6.45) is 2.29. The number of aryl methyl sites for hydroxylation is 2. The molecule has 1 unspecified atom stereocenters. The van der Waals surface area contributed by atoms with Gasteiger partial charge in [0.15, 0.2) is 0 Å². The first-order chi connectivity index (χ1) is 8.15.